The third kappa shape index (κ3) is 3.20. The lowest BCUT2D eigenvalue weighted by molar-refractivity contribution is -0.119. The van der Waals surface area contributed by atoms with Gasteiger partial charge in [-0.15, -0.1) is 0 Å². The van der Waals surface area contributed by atoms with Gasteiger partial charge in [0.15, 0.2) is 0 Å². The molecule has 18 heavy (non-hydrogen) atoms. The molecule has 0 saturated carbocycles. The van der Waals surface area contributed by atoms with Crippen LogP contribution in [-0.2, 0) is 4.79 Å². The summed E-state index contributed by atoms with van der Waals surface area (Å²) in [4.78, 5) is 13.0. The molecule has 1 unspecified atom stereocenters. The van der Waals surface area contributed by atoms with Gasteiger partial charge >= 0.3 is 0 Å². The molecule has 100 valence electrons. The SMILES string of the molecule is CCN(CC(=O)NC)c1c(F)cccc1C(C)O. The number of aliphatic hydroxyl groups is 1. The Hall–Kier alpha value is -1.62. The standard InChI is InChI=1S/C13H19FN2O2/c1-4-16(8-12(18)15-3)13-10(9(2)17)6-5-7-11(13)14/h5-7,9,17H,4,8H2,1-3H3,(H,15,18). The first-order valence-corrected chi connectivity index (χ1v) is 5.93. The van der Waals surface area contributed by atoms with Crippen molar-refractivity contribution in [3.63, 3.8) is 0 Å². The molecule has 0 radical (unpaired) electrons. The van der Waals surface area contributed by atoms with E-state index in [0.717, 1.165) is 0 Å². The van der Waals surface area contributed by atoms with Gasteiger partial charge in [-0.25, -0.2) is 4.39 Å². The molecule has 1 rings (SSSR count). The van der Waals surface area contributed by atoms with Crippen molar-refractivity contribution in [3.05, 3.63) is 29.6 Å². The van der Waals surface area contributed by atoms with Crippen molar-refractivity contribution in [1.82, 2.24) is 5.32 Å². The highest BCUT2D eigenvalue weighted by atomic mass is 19.1. The van der Waals surface area contributed by atoms with Crippen molar-refractivity contribution in [3.8, 4) is 0 Å². The maximum Gasteiger partial charge on any atom is 0.239 e. The molecule has 0 aliphatic rings. The Balaban J connectivity index is 3.15. The highest BCUT2D eigenvalue weighted by Gasteiger charge is 2.19. The van der Waals surface area contributed by atoms with E-state index in [0.29, 0.717) is 17.8 Å². The number of benzene rings is 1. The fraction of sp³-hybridized carbons (Fsp3) is 0.462. The van der Waals surface area contributed by atoms with Crippen LogP contribution in [0.4, 0.5) is 10.1 Å². The zero-order valence-corrected chi connectivity index (χ0v) is 10.9. The first kappa shape index (κ1) is 14.4. The third-order valence-corrected chi connectivity index (χ3v) is 2.78. The third-order valence-electron chi connectivity index (χ3n) is 2.78. The summed E-state index contributed by atoms with van der Waals surface area (Å²) in [5.41, 5.74) is 0.777. The number of halogens is 1. The summed E-state index contributed by atoms with van der Waals surface area (Å²) in [6.45, 7) is 3.95. The van der Waals surface area contributed by atoms with E-state index in [-0.39, 0.29) is 12.5 Å². The van der Waals surface area contributed by atoms with Gasteiger partial charge in [-0.2, -0.15) is 0 Å². The van der Waals surface area contributed by atoms with E-state index in [1.807, 2.05) is 6.92 Å². The van der Waals surface area contributed by atoms with E-state index in [1.165, 1.54) is 13.1 Å². The van der Waals surface area contributed by atoms with Crippen LogP contribution in [0, 0.1) is 5.82 Å². The number of hydrogen-bond donors (Lipinski definition) is 2. The summed E-state index contributed by atoms with van der Waals surface area (Å²) in [6.07, 6.45) is -0.783. The quantitative estimate of drug-likeness (QED) is 0.836. The predicted molar refractivity (Wildman–Crippen MR) is 69.0 cm³/mol. The highest BCUT2D eigenvalue weighted by Crippen LogP contribution is 2.29. The predicted octanol–water partition coefficient (Wildman–Crippen LogP) is 1.45. The summed E-state index contributed by atoms with van der Waals surface area (Å²) < 4.78 is 13.9. The van der Waals surface area contributed by atoms with E-state index in [1.54, 1.807) is 24.0 Å². The average Bonchev–Trinajstić information content (AvgIpc) is 2.35. The van der Waals surface area contributed by atoms with Gasteiger partial charge in [-0.1, -0.05) is 12.1 Å². The Morgan fingerprint density at radius 1 is 1.56 bits per heavy atom. The molecule has 1 aromatic carbocycles. The second kappa shape index (κ2) is 6.35. The van der Waals surface area contributed by atoms with Crippen LogP contribution in [-0.4, -0.2) is 31.2 Å². The summed E-state index contributed by atoms with van der Waals surface area (Å²) in [5, 5.41) is 12.2. The number of hydrogen-bond acceptors (Lipinski definition) is 3. The van der Waals surface area contributed by atoms with E-state index in [2.05, 4.69) is 5.32 Å². The summed E-state index contributed by atoms with van der Waals surface area (Å²) in [5.74, 6) is -0.629. The number of amides is 1. The number of para-hydroxylation sites is 1. The van der Waals surface area contributed by atoms with Gasteiger partial charge in [0.25, 0.3) is 0 Å². The topological polar surface area (TPSA) is 52.6 Å². The second-order valence-electron chi connectivity index (χ2n) is 4.04. The average molecular weight is 254 g/mol. The van der Waals surface area contributed by atoms with E-state index < -0.39 is 11.9 Å². The zero-order chi connectivity index (χ0) is 13.7. The number of carbonyl (C=O) groups is 1. The lowest BCUT2D eigenvalue weighted by Crippen LogP contribution is -2.36. The van der Waals surface area contributed by atoms with Crippen molar-refractivity contribution < 1.29 is 14.3 Å². The van der Waals surface area contributed by atoms with Crippen LogP contribution in [0.2, 0.25) is 0 Å². The summed E-state index contributed by atoms with van der Waals surface area (Å²) >= 11 is 0. The Labute approximate surface area is 106 Å². The fourth-order valence-corrected chi connectivity index (χ4v) is 1.80. The largest absolute Gasteiger partial charge is 0.389 e. The molecule has 1 atom stereocenters. The molecule has 0 aromatic heterocycles. The van der Waals surface area contributed by atoms with Crippen LogP contribution in [0.3, 0.4) is 0 Å². The van der Waals surface area contributed by atoms with Crippen LogP contribution in [0.1, 0.15) is 25.5 Å². The van der Waals surface area contributed by atoms with Crippen molar-refractivity contribution in [2.45, 2.75) is 20.0 Å². The minimum Gasteiger partial charge on any atom is -0.389 e. The molecule has 5 heteroatoms. The molecular weight excluding hydrogens is 235 g/mol. The van der Waals surface area contributed by atoms with Gasteiger partial charge in [0, 0.05) is 19.2 Å². The molecule has 0 fully saturated rings. The Morgan fingerprint density at radius 2 is 2.22 bits per heavy atom. The number of nitrogens with one attached hydrogen (secondary N) is 1. The van der Waals surface area contributed by atoms with Gasteiger partial charge in [-0.05, 0) is 19.9 Å². The molecule has 0 spiro atoms. The maximum atomic E-state index is 13.9. The first-order valence-electron chi connectivity index (χ1n) is 5.93. The molecule has 0 saturated heterocycles. The number of likely N-dealkylation sites (N-methyl/N-ethyl adjacent to an activating group) is 2. The molecule has 0 aliphatic heterocycles. The number of aliphatic hydroxyl groups excluding tert-OH is 1. The number of anilines is 1. The minimum atomic E-state index is -0.783. The zero-order valence-electron chi connectivity index (χ0n) is 10.9. The maximum absolute atomic E-state index is 13.9. The van der Waals surface area contributed by atoms with E-state index in [9.17, 15) is 14.3 Å². The smallest absolute Gasteiger partial charge is 0.239 e. The van der Waals surface area contributed by atoms with Gasteiger partial charge < -0.3 is 15.3 Å². The molecule has 2 N–H and O–H groups in total. The number of carbonyl (C=O) groups excluding carboxylic acids is 1. The summed E-state index contributed by atoms with van der Waals surface area (Å²) in [6, 6.07) is 4.54. The lowest BCUT2D eigenvalue weighted by Gasteiger charge is -2.26. The van der Waals surface area contributed by atoms with Crippen LogP contribution >= 0.6 is 0 Å². The van der Waals surface area contributed by atoms with Crippen molar-refractivity contribution in [1.29, 1.82) is 0 Å². The Kier molecular flexibility index (Phi) is 5.09. The van der Waals surface area contributed by atoms with Crippen molar-refractivity contribution in [2.24, 2.45) is 0 Å². The molecule has 1 amide bonds. The molecule has 4 nitrogen and oxygen atoms in total. The monoisotopic (exact) mass is 254 g/mol. The van der Waals surface area contributed by atoms with Gasteiger partial charge in [-0.3, -0.25) is 4.79 Å². The minimum absolute atomic E-state index is 0.0631. The Morgan fingerprint density at radius 3 is 2.72 bits per heavy atom. The molecular formula is C13H19FN2O2. The van der Waals surface area contributed by atoms with Crippen LogP contribution in [0.25, 0.3) is 0 Å². The first-order chi connectivity index (χ1) is 8.51. The second-order valence-corrected chi connectivity index (χ2v) is 4.04. The normalized spacial score (nSPS) is 12.1. The van der Waals surface area contributed by atoms with Crippen molar-refractivity contribution >= 4 is 11.6 Å². The van der Waals surface area contributed by atoms with Crippen LogP contribution in [0.5, 0.6) is 0 Å². The van der Waals surface area contributed by atoms with E-state index >= 15 is 0 Å². The Bertz CT molecular complexity index is 421. The number of rotatable bonds is 5. The van der Waals surface area contributed by atoms with Crippen LogP contribution < -0.4 is 10.2 Å². The van der Waals surface area contributed by atoms with Crippen LogP contribution in [0.15, 0.2) is 18.2 Å². The fourth-order valence-electron chi connectivity index (χ4n) is 1.80. The summed E-state index contributed by atoms with van der Waals surface area (Å²) in [7, 11) is 1.53. The molecule has 0 heterocycles. The van der Waals surface area contributed by atoms with Crippen molar-refractivity contribution in [2.75, 3.05) is 25.0 Å². The molecule has 0 aliphatic carbocycles. The number of nitrogens with zero attached hydrogens (tertiary/aromatic N) is 1. The van der Waals surface area contributed by atoms with Gasteiger partial charge in [0.2, 0.25) is 5.91 Å². The lowest BCUT2D eigenvalue weighted by atomic mass is 10.1. The highest BCUT2D eigenvalue weighted by molar-refractivity contribution is 5.81. The molecule has 1 aromatic rings. The molecule has 0 bridgehead atoms. The van der Waals surface area contributed by atoms with Gasteiger partial charge in [0.1, 0.15) is 5.82 Å². The van der Waals surface area contributed by atoms with Gasteiger partial charge in [0.05, 0.1) is 18.3 Å². The van der Waals surface area contributed by atoms with E-state index in [4.69, 9.17) is 0 Å².